The molecule has 8 atom stereocenters. The van der Waals surface area contributed by atoms with Crippen molar-refractivity contribution in [2.24, 2.45) is 46.3 Å². The molecule has 0 radical (unpaired) electrons. The fourth-order valence-corrected chi connectivity index (χ4v) is 10.0. The Labute approximate surface area is 252 Å². The van der Waals surface area contributed by atoms with Gasteiger partial charge in [-0.3, -0.25) is 14.4 Å². The van der Waals surface area contributed by atoms with Crippen LogP contribution in [-0.2, 0) is 28.8 Å². The second kappa shape index (κ2) is 12.4. The van der Waals surface area contributed by atoms with Crippen LogP contribution in [0.1, 0.15) is 131 Å². The molecule has 234 valence electrons. The van der Waals surface area contributed by atoms with Crippen molar-refractivity contribution in [3.8, 4) is 0 Å². The minimum atomic E-state index is -0.767. The highest BCUT2D eigenvalue weighted by molar-refractivity contribution is 6.01. The molecule has 4 fully saturated rings. The summed E-state index contributed by atoms with van der Waals surface area (Å²) in [6, 6.07) is 0. The van der Waals surface area contributed by atoms with E-state index in [4.69, 9.17) is 9.57 Å². The van der Waals surface area contributed by atoms with E-state index < -0.39 is 23.8 Å². The van der Waals surface area contributed by atoms with Gasteiger partial charge in [0.25, 0.3) is 11.8 Å². The predicted octanol–water partition coefficient (Wildman–Crippen LogP) is 7.33. The quantitative estimate of drug-likeness (QED) is 0.152. The summed E-state index contributed by atoms with van der Waals surface area (Å²) in [6.07, 6.45) is 15.5. The van der Waals surface area contributed by atoms with Crippen LogP contribution in [0.4, 0.5) is 0 Å². The lowest BCUT2D eigenvalue weighted by Crippen LogP contribution is -2.51. The highest BCUT2D eigenvalue weighted by Crippen LogP contribution is 2.67. The van der Waals surface area contributed by atoms with Gasteiger partial charge < -0.3 is 9.57 Å². The first-order chi connectivity index (χ1) is 19.9. The topological polar surface area (TPSA) is 90.0 Å². The molecule has 0 N–H and O–H groups in total. The third kappa shape index (κ3) is 6.08. The number of amides is 2. The number of carbonyl (C=O) groups is 4. The van der Waals surface area contributed by atoms with E-state index in [9.17, 15) is 19.2 Å². The van der Waals surface area contributed by atoms with Crippen molar-refractivity contribution in [3.63, 3.8) is 0 Å². The summed E-state index contributed by atoms with van der Waals surface area (Å²) in [5.41, 5.74) is 2.13. The maximum atomic E-state index is 12.6. The van der Waals surface area contributed by atoms with E-state index in [1.54, 1.807) is 0 Å². The van der Waals surface area contributed by atoms with Crippen LogP contribution in [0.2, 0.25) is 0 Å². The molecule has 0 aromatic rings. The van der Waals surface area contributed by atoms with Gasteiger partial charge in [-0.25, -0.2) is 4.79 Å². The van der Waals surface area contributed by atoms with Crippen LogP contribution in [0.3, 0.4) is 0 Å². The molecule has 42 heavy (non-hydrogen) atoms. The number of fused-ring (bicyclic) bond motifs is 5. The largest absolute Gasteiger partial charge is 0.462 e. The van der Waals surface area contributed by atoms with Crippen LogP contribution in [-0.4, -0.2) is 34.9 Å². The molecule has 0 aromatic heterocycles. The van der Waals surface area contributed by atoms with E-state index in [1.807, 2.05) is 0 Å². The Balaban J connectivity index is 1.14. The molecule has 7 nitrogen and oxygen atoms in total. The number of nitrogens with zero attached hydrogens (tertiary/aromatic N) is 1. The minimum Gasteiger partial charge on any atom is -0.462 e. The number of rotatable bonds is 10. The molecular weight excluding hydrogens is 530 g/mol. The fraction of sp³-hybridized carbons (Fsp3) is 0.829. The summed E-state index contributed by atoms with van der Waals surface area (Å²) in [4.78, 5) is 52.9. The van der Waals surface area contributed by atoms with Crippen molar-refractivity contribution in [2.45, 2.75) is 137 Å². The molecule has 7 heteroatoms. The number of imide groups is 1. The van der Waals surface area contributed by atoms with Crippen molar-refractivity contribution in [3.05, 3.63) is 11.6 Å². The van der Waals surface area contributed by atoms with Crippen LogP contribution in [0.5, 0.6) is 0 Å². The molecular formula is C35H53NO6. The standard InChI is InChI=1S/C35H53NO6/c1-22(2)7-6-8-23(3)27-11-12-28-26-10-9-24-21-25(17-19-34(24,4)29(26)18-20-35(27,28)5)41-32(39)15-16-33(40)42-36-30(37)13-14-31(36)38/h9,22-23,25-29H,6-8,10-21H2,1-5H3. The zero-order valence-electron chi connectivity index (χ0n) is 26.6. The number of ether oxygens (including phenoxy) is 1. The first-order valence-corrected chi connectivity index (χ1v) is 16.9. The first kappa shape index (κ1) is 31.3. The third-order valence-corrected chi connectivity index (χ3v) is 12.3. The SMILES string of the molecule is CC(C)CCCC(C)C1CCC2C3CC=C4CC(OC(=O)CCC(=O)ON5C(=O)CCC5=O)CCC4(C)C3CCC12C. The molecule has 4 aliphatic carbocycles. The Bertz CT molecular complexity index is 1080. The van der Waals surface area contributed by atoms with Crippen molar-refractivity contribution in [1.82, 2.24) is 5.06 Å². The summed E-state index contributed by atoms with van der Waals surface area (Å²) in [6.45, 7) is 12.3. The minimum absolute atomic E-state index is 0.0461. The zero-order chi connectivity index (χ0) is 30.2. The average Bonchev–Trinajstić information content (AvgIpc) is 3.45. The molecule has 8 unspecified atom stereocenters. The number of carbonyl (C=O) groups excluding carboxylic acids is 4. The number of esters is 1. The number of hydroxylamine groups is 2. The van der Waals surface area contributed by atoms with E-state index in [0.717, 1.165) is 55.3 Å². The van der Waals surface area contributed by atoms with Crippen molar-refractivity contribution in [2.75, 3.05) is 0 Å². The highest BCUT2D eigenvalue weighted by Gasteiger charge is 2.59. The zero-order valence-corrected chi connectivity index (χ0v) is 26.6. The maximum Gasteiger partial charge on any atom is 0.333 e. The Kier molecular flexibility index (Phi) is 9.25. The fourth-order valence-electron chi connectivity index (χ4n) is 10.0. The van der Waals surface area contributed by atoms with Crippen LogP contribution in [0, 0.1) is 46.3 Å². The van der Waals surface area contributed by atoms with Gasteiger partial charge >= 0.3 is 11.9 Å². The van der Waals surface area contributed by atoms with E-state index >= 15 is 0 Å². The van der Waals surface area contributed by atoms with Gasteiger partial charge in [0.15, 0.2) is 0 Å². The summed E-state index contributed by atoms with van der Waals surface area (Å²) >= 11 is 0. The molecule has 1 heterocycles. The predicted molar refractivity (Wildman–Crippen MR) is 159 cm³/mol. The Hall–Kier alpha value is -2.18. The third-order valence-electron chi connectivity index (χ3n) is 12.3. The van der Waals surface area contributed by atoms with Gasteiger partial charge in [0.1, 0.15) is 6.10 Å². The second-order valence-corrected chi connectivity index (χ2v) is 15.2. The van der Waals surface area contributed by atoms with Gasteiger partial charge in [0.05, 0.1) is 12.8 Å². The second-order valence-electron chi connectivity index (χ2n) is 15.2. The lowest BCUT2D eigenvalue weighted by Gasteiger charge is -2.58. The summed E-state index contributed by atoms with van der Waals surface area (Å²) in [7, 11) is 0. The molecule has 3 saturated carbocycles. The Morgan fingerprint density at radius 1 is 0.929 bits per heavy atom. The van der Waals surface area contributed by atoms with Crippen LogP contribution < -0.4 is 0 Å². The van der Waals surface area contributed by atoms with Gasteiger partial charge in [-0.2, -0.15) is 0 Å². The maximum absolute atomic E-state index is 12.6. The molecule has 1 aliphatic heterocycles. The Morgan fingerprint density at radius 3 is 2.36 bits per heavy atom. The van der Waals surface area contributed by atoms with E-state index in [0.29, 0.717) is 16.4 Å². The molecule has 1 saturated heterocycles. The van der Waals surface area contributed by atoms with Crippen LogP contribution >= 0.6 is 0 Å². The van der Waals surface area contributed by atoms with E-state index in [1.165, 1.54) is 50.5 Å². The normalized spacial score (nSPS) is 36.7. The molecule has 5 rings (SSSR count). The van der Waals surface area contributed by atoms with Gasteiger partial charge in [-0.05, 0) is 91.3 Å². The lowest BCUT2D eigenvalue weighted by atomic mass is 9.47. The number of hydrogen-bond donors (Lipinski definition) is 0. The molecule has 0 spiro atoms. The average molecular weight is 584 g/mol. The van der Waals surface area contributed by atoms with Gasteiger partial charge in [-0.15, -0.1) is 5.06 Å². The smallest absolute Gasteiger partial charge is 0.333 e. The molecule has 2 amide bonds. The van der Waals surface area contributed by atoms with Gasteiger partial charge in [0, 0.05) is 19.3 Å². The summed E-state index contributed by atoms with van der Waals surface area (Å²) in [5, 5.41) is 0.520. The molecule has 0 bridgehead atoms. The first-order valence-electron chi connectivity index (χ1n) is 16.9. The van der Waals surface area contributed by atoms with Gasteiger partial charge in [0.2, 0.25) is 0 Å². The van der Waals surface area contributed by atoms with Crippen LogP contribution in [0.25, 0.3) is 0 Å². The van der Waals surface area contributed by atoms with Crippen LogP contribution in [0.15, 0.2) is 11.6 Å². The van der Waals surface area contributed by atoms with E-state index in [2.05, 4.69) is 40.7 Å². The van der Waals surface area contributed by atoms with Crippen molar-refractivity contribution < 1.29 is 28.8 Å². The van der Waals surface area contributed by atoms with E-state index in [-0.39, 0.29) is 37.2 Å². The number of allylic oxidation sites excluding steroid dienone is 1. The molecule has 5 aliphatic rings. The highest BCUT2D eigenvalue weighted by atomic mass is 16.7. The summed E-state index contributed by atoms with van der Waals surface area (Å²) < 4.78 is 5.82. The summed E-state index contributed by atoms with van der Waals surface area (Å²) in [5.74, 6) is 2.54. The lowest BCUT2D eigenvalue weighted by molar-refractivity contribution is -0.197. The molecule has 0 aromatic carbocycles. The van der Waals surface area contributed by atoms with Crippen molar-refractivity contribution in [1.29, 1.82) is 0 Å². The van der Waals surface area contributed by atoms with Gasteiger partial charge in [-0.1, -0.05) is 65.5 Å². The monoisotopic (exact) mass is 583 g/mol. The Morgan fingerprint density at radius 2 is 1.64 bits per heavy atom. The van der Waals surface area contributed by atoms with Crippen molar-refractivity contribution >= 4 is 23.8 Å². The number of hydrogen-bond acceptors (Lipinski definition) is 6.